The maximum atomic E-state index is 12.8. The lowest BCUT2D eigenvalue weighted by Gasteiger charge is -2.18. The Morgan fingerprint density at radius 3 is 0.953 bits per heavy atom. The van der Waals surface area contributed by atoms with Gasteiger partial charge in [0.1, 0.15) is 13.2 Å². The Labute approximate surface area is 395 Å². The molecule has 0 aliphatic carbocycles. The number of allylic oxidation sites excluding steroid dienone is 12. The fraction of sp³-hybridized carbons (Fsp3) is 0.741. The molecule has 6 heteroatoms. The quantitative estimate of drug-likeness (QED) is 0.0262. The molecule has 0 radical (unpaired) electrons. The van der Waals surface area contributed by atoms with E-state index in [0.717, 1.165) is 116 Å². The Morgan fingerprint density at radius 1 is 0.328 bits per heavy atom. The van der Waals surface area contributed by atoms with Gasteiger partial charge < -0.3 is 14.2 Å². The molecule has 1 atom stereocenters. The van der Waals surface area contributed by atoms with Gasteiger partial charge in [-0.1, -0.05) is 229 Å². The predicted molar refractivity (Wildman–Crippen MR) is 274 cm³/mol. The van der Waals surface area contributed by atoms with Crippen LogP contribution in [0.3, 0.4) is 0 Å². The second-order valence-corrected chi connectivity index (χ2v) is 17.7. The van der Waals surface area contributed by atoms with Crippen LogP contribution in [0, 0.1) is 0 Å². The van der Waals surface area contributed by atoms with Crippen LogP contribution in [0.2, 0.25) is 0 Å². The van der Waals surface area contributed by atoms with Crippen LogP contribution >= 0.6 is 0 Å². The summed E-state index contributed by atoms with van der Waals surface area (Å²) in [7, 11) is 0. The molecule has 0 rings (SSSR count). The van der Waals surface area contributed by atoms with Gasteiger partial charge in [0.25, 0.3) is 0 Å². The standard InChI is InChI=1S/C58H100O6/c1-4-7-10-13-16-19-22-25-28-30-33-36-39-42-45-48-51-57(60)63-54-55(53-62-56(59)50-47-44-41-38-35-32-27-24-21-18-15-12-9-6-3)64-58(61)52-49-46-43-40-37-34-31-29-26-23-20-17-14-11-8-5-2/h7-8,10-11,16-17,19-20,25-26,28-29,55H,4-6,9,12-15,18,21-24,27,30-54H2,1-3H3/b10-7-,11-8-,19-16-,20-17-,28-25-,29-26-. The van der Waals surface area contributed by atoms with Gasteiger partial charge in [-0.3, -0.25) is 14.4 Å². The van der Waals surface area contributed by atoms with E-state index in [2.05, 4.69) is 93.7 Å². The summed E-state index contributed by atoms with van der Waals surface area (Å²) in [6.45, 7) is 6.41. The summed E-state index contributed by atoms with van der Waals surface area (Å²) in [5, 5.41) is 0. The summed E-state index contributed by atoms with van der Waals surface area (Å²) >= 11 is 0. The zero-order valence-corrected chi connectivity index (χ0v) is 42.0. The van der Waals surface area contributed by atoms with Crippen molar-refractivity contribution in [1.82, 2.24) is 0 Å². The highest BCUT2D eigenvalue weighted by molar-refractivity contribution is 5.71. The van der Waals surface area contributed by atoms with Gasteiger partial charge in [-0.15, -0.1) is 0 Å². The highest BCUT2D eigenvalue weighted by Gasteiger charge is 2.19. The predicted octanol–water partition coefficient (Wildman–Crippen LogP) is 17.8. The lowest BCUT2D eigenvalue weighted by Crippen LogP contribution is -2.30. The van der Waals surface area contributed by atoms with Crippen LogP contribution in [-0.4, -0.2) is 37.2 Å². The van der Waals surface area contributed by atoms with Gasteiger partial charge >= 0.3 is 17.9 Å². The van der Waals surface area contributed by atoms with Gasteiger partial charge in [-0.25, -0.2) is 0 Å². The zero-order valence-electron chi connectivity index (χ0n) is 42.0. The van der Waals surface area contributed by atoms with Crippen molar-refractivity contribution in [3.05, 3.63) is 72.9 Å². The third-order valence-electron chi connectivity index (χ3n) is 11.5. The number of hydrogen-bond acceptors (Lipinski definition) is 6. The minimum absolute atomic E-state index is 0.0833. The summed E-state index contributed by atoms with van der Waals surface area (Å²) in [4.78, 5) is 38.1. The lowest BCUT2D eigenvalue weighted by molar-refractivity contribution is -0.167. The van der Waals surface area contributed by atoms with Crippen molar-refractivity contribution >= 4 is 17.9 Å². The molecular weight excluding hydrogens is 793 g/mol. The van der Waals surface area contributed by atoms with Gasteiger partial charge in [0.05, 0.1) is 0 Å². The number of hydrogen-bond donors (Lipinski definition) is 0. The number of unbranched alkanes of at least 4 members (excludes halogenated alkanes) is 25. The van der Waals surface area contributed by atoms with Crippen LogP contribution < -0.4 is 0 Å². The molecule has 1 unspecified atom stereocenters. The van der Waals surface area contributed by atoms with E-state index in [1.54, 1.807) is 0 Å². The fourth-order valence-corrected chi connectivity index (χ4v) is 7.47. The van der Waals surface area contributed by atoms with E-state index in [4.69, 9.17) is 14.2 Å². The Kier molecular flexibility index (Phi) is 49.9. The van der Waals surface area contributed by atoms with E-state index in [1.807, 2.05) is 0 Å². The van der Waals surface area contributed by atoms with Gasteiger partial charge in [-0.05, 0) is 83.5 Å². The number of rotatable bonds is 48. The molecule has 64 heavy (non-hydrogen) atoms. The highest BCUT2D eigenvalue weighted by Crippen LogP contribution is 2.15. The van der Waals surface area contributed by atoms with Crippen molar-refractivity contribution in [3.63, 3.8) is 0 Å². The van der Waals surface area contributed by atoms with E-state index in [0.29, 0.717) is 19.3 Å². The molecule has 0 aliphatic heterocycles. The molecule has 368 valence electrons. The molecule has 0 aliphatic rings. The van der Waals surface area contributed by atoms with Crippen molar-refractivity contribution in [2.75, 3.05) is 13.2 Å². The number of carbonyl (C=O) groups is 3. The van der Waals surface area contributed by atoms with Crippen LogP contribution in [-0.2, 0) is 28.6 Å². The van der Waals surface area contributed by atoms with Gasteiger partial charge in [0, 0.05) is 19.3 Å². The van der Waals surface area contributed by atoms with Gasteiger partial charge in [-0.2, -0.15) is 0 Å². The van der Waals surface area contributed by atoms with E-state index < -0.39 is 6.10 Å². The highest BCUT2D eigenvalue weighted by atomic mass is 16.6. The molecule has 6 nitrogen and oxygen atoms in total. The summed E-state index contributed by atoms with van der Waals surface area (Å²) < 4.78 is 16.8. The maximum absolute atomic E-state index is 12.8. The zero-order chi connectivity index (χ0) is 46.5. The van der Waals surface area contributed by atoms with Gasteiger partial charge in [0.15, 0.2) is 6.10 Å². The molecule has 0 saturated heterocycles. The first-order chi connectivity index (χ1) is 31.5. The van der Waals surface area contributed by atoms with Crippen molar-refractivity contribution in [2.45, 2.75) is 264 Å². The average Bonchev–Trinajstić information content (AvgIpc) is 3.29. The van der Waals surface area contributed by atoms with Crippen molar-refractivity contribution in [1.29, 1.82) is 0 Å². The topological polar surface area (TPSA) is 78.9 Å². The van der Waals surface area contributed by atoms with E-state index >= 15 is 0 Å². The number of ether oxygens (including phenoxy) is 3. The number of carbonyl (C=O) groups excluding carboxylic acids is 3. The Bertz CT molecular complexity index is 1210. The van der Waals surface area contributed by atoms with E-state index in [1.165, 1.54) is 103 Å². The molecule has 0 aromatic carbocycles. The van der Waals surface area contributed by atoms with Gasteiger partial charge in [0.2, 0.25) is 0 Å². The molecule has 0 amide bonds. The smallest absolute Gasteiger partial charge is 0.306 e. The lowest BCUT2D eigenvalue weighted by atomic mass is 10.0. The van der Waals surface area contributed by atoms with Crippen LogP contribution in [0.5, 0.6) is 0 Å². The average molecular weight is 893 g/mol. The van der Waals surface area contributed by atoms with Crippen LogP contribution in [0.4, 0.5) is 0 Å². The van der Waals surface area contributed by atoms with E-state index in [-0.39, 0.29) is 31.1 Å². The number of esters is 3. The first-order valence-electron chi connectivity index (χ1n) is 26.9. The second-order valence-electron chi connectivity index (χ2n) is 17.7. The van der Waals surface area contributed by atoms with Crippen molar-refractivity contribution in [3.8, 4) is 0 Å². The molecule has 0 aromatic heterocycles. The first kappa shape index (κ1) is 60.9. The van der Waals surface area contributed by atoms with Crippen LogP contribution in [0.15, 0.2) is 72.9 Å². The molecule has 0 heterocycles. The largest absolute Gasteiger partial charge is 0.462 e. The van der Waals surface area contributed by atoms with Crippen LogP contribution in [0.1, 0.15) is 258 Å². The van der Waals surface area contributed by atoms with Crippen molar-refractivity contribution in [2.24, 2.45) is 0 Å². The molecule has 0 spiro atoms. The summed E-state index contributed by atoms with van der Waals surface area (Å²) in [6.07, 6.45) is 65.9. The Morgan fingerprint density at radius 2 is 0.609 bits per heavy atom. The molecule has 0 bridgehead atoms. The summed E-state index contributed by atoms with van der Waals surface area (Å²) in [5.41, 5.74) is 0. The SMILES string of the molecule is CC/C=C\C/C=C\C/C=C\CCCCCCCCC(=O)OCC(COC(=O)CCCCCCCCCCCCCCCC)OC(=O)CCCCCCCC/C=C\C/C=C\C/C=C\CC. The summed E-state index contributed by atoms with van der Waals surface area (Å²) in [5.74, 6) is -0.904. The third-order valence-corrected chi connectivity index (χ3v) is 11.5. The Balaban J connectivity index is 4.41. The summed E-state index contributed by atoms with van der Waals surface area (Å²) in [6, 6.07) is 0. The Hall–Kier alpha value is -3.15. The van der Waals surface area contributed by atoms with Crippen LogP contribution in [0.25, 0.3) is 0 Å². The molecule has 0 aromatic rings. The molecule has 0 saturated carbocycles. The van der Waals surface area contributed by atoms with E-state index in [9.17, 15) is 14.4 Å². The normalized spacial score (nSPS) is 12.6. The second kappa shape index (κ2) is 52.5. The molecule has 0 N–H and O–H groups in total. The van der Waals surface area contributed by atoms with Crippen molar-refractivity contribution < 1.29 is 28.6 Å². The minimum Gasteiger partial charge on any atom is -0.462 e. The first-order valence-corrected chi connectivity index (χ1v) is 26.9. The maximum Gasteiger partial charge on any atom is 0.306 e. The third kappa shape index (κ3) is 49.9. The molecular formula is C58H100O6. The minimum atomic E-state index is -0.786. The molecule has 0 fully saturated rings. The monoisotopic (exact) mass is 893 g/mol. The fourth-order valence-electron chi connectivity index (χ4n) is 7.47.